The first-order valence-corrected chi connectivity index (χ1v) is 7.58. The molecule has 1 fully saturated rings. The van der Waals surface area contributed by atoms with Crippen LogP contribution in [0.5, 0.6) is 0 Å². The molecule has 0 aliphatic heterocycles. The summed E-state index contributed by atoms with van der Waals surface area (Å²) in [7, 11) is -3.07. The molecule has 84 valence electrons. The molecule has 1 aliphatic rings. The van der Waals surface area contributed by atoms with Gasteiger partial charge < -0.3 is 5.73 Å². The fourth-order valence-corrected chi connectivity index (χ4v) is 4.91. The number of hydrogen-bond donors (Lipinski definition) is 1. The molecule has 0 radical (unpaired) electrons. The zero-order valence-electron chi connectivity index (χ0n) is 8.48. The predicted octanol–water partition coefficient (Wildman–Crippen LogP) is 1.65. The Morgan fingerprint density at radius 3 is 2.67 bits per heavy atom. The van der Waals surface area contributed by atoms with Gasteiger partial charge in [-0.25, -0.2) is 8.42 Å². The molecule has 0 unspecified atom stereocenters. The summed E-state index contributed by atoms with van der Waals surface area (Å²) >= 11 is 1.30. The standard InChI is InChI=1S/C10H15NO2S2/c11-6-5-10(3-4-10)8-15(12,13)9-2-1-7-14-9/h1-2,7H,3-6,8,11H2. The van der Waals surface area contributed by atoms with Crippen LogP contribution in [-0.4, -0.2) is 20.7 Å². The van der Waals surface area contributed by atoms with Gasteiger partial charge in [-0.3, -0.25) is 0 Å². The molecule has 0 aromatic carbocycles. The number of rotatable bonds is 5. The van der Waals surface area contributed by atoms with Crippen LogP contribution < -0.4 is 5.73 Å². The molecule has 2 rings (SSSR count). The summed E-state index contributed by atoms with van der Waals surface area (Å²) in [5.74, 6) is 0.276. The van der Waals surface area contributed by atoms with Gasteiger partial charge in [-0.15, -0.1) is 11.3 Å². The maximum Gasteiger partial charge on any atom is 0.188 e. The quantitative estimate of drug-likeness (QED) is 0.858. The molecule has 0 bridgehead atoms. The van der Waals surface area contributed by atoms with Crippen LogP contribution in [-0.2, 0) is 9.84 Å². The van der Waals surface area contributed by atoms with E-state index in [0.29, 0.717) is 10.8 Å². The summed E-state index contributed by atoms with van der Waals surface area (Å²) in [6, 6.07) is 3.46. The maximum absolute atomic E-state index is 12.0. The van der Waals surface area contributed by atoms with Gasteiger partial charge in [-0.2, -0.15) is 0 Å². The Kier molecular flexibility index (Phi) is 2.87. The molecule has 1 aromatic rings. The minimum Gasteiger partial charge on any atom is -0.330 e. The third-order valence-electron chi connectivity index (χ3n) is 2.93. The molecular formula is C10H15NO2S2. The number of nitrogens with two attached hydrogens (primary N) is 1. The number of thiophene rings is 1. The fraction of sp³-hybridized carbons (Fsp3) is 0.600. The maximum atomic E-state index is 12.0. The van der Waals surface area contributed by atoms with Crippen molar-refractivity contribution in [2.45, 2.75) is 23.5 Å². The monoisotopic (exact) mass is 245 g/mol. The van der Waals surface area contributed by atoms with Crippen molar-refractivity contribution in [3.8, 4) is 0 Å². The highest BCUT2D eigenvalue weighted by Gasteiger charge is 2.45. The summed E-state index contributed by atoms with van der Waals surface area (Å²) in [5.41, 5.74) is 5.50. The molecule has 0 spiro atoms. The first-order chi connectivity index (χ1) is 7.08. The second-order valence-electron chi connectivity index (χ2n) is 4.23. The van der Waals surface area contributed by atoms with Gasteiger partial charge in [0, 0.05) is 0 Å². The van der Waals surface area contributed by atoms with Crippen molar-refractivity contribution >= 4 is 21.2 Å². The van der Waals surface area contributed by atoms with Crippen LogP contribution in [0.2, 0.25) is 0 Å². The normalized spacial score (nSPS) is 19.0. The molecule has 1 heterocycles. The molecular weight excluding hydrogens is 230 g/mol. The third kappa shape index (κ3) is 2.41. The van der Waals surface area contributed by atoms with Gasteiger partial charge in [-0.1, -0.05) is 6.07 Å². The molecule has 15 heavy (non-hydrogen) atoms. The van der Waals surface area contributed by atoms with E-state index >= 15 is 0 Å². The third-order valence-corrected chi connectivity index (χ3v) is 6.38. The van der Waals surface area contributed by atoms with E-state index in [1.165, 1.54) is 11.3 Å². The lowest BCUT2D eigenvalue weighted by molar-refractivity contribution is 0.511. The van der Waals surface area contributed by atoms with Crippen molar-refractivity contribution < 1.29 is 8.42 Å². The summed E-state index contributed by atoms with van der Waals surface area (Å²) in [6.45, 7) is 0.583. The zero-order chi connectivity index (χ0) is 10.9. The average Bonchev–Trinajstić information content (AvgIpc) is 2.70. The Balaban J connectivity index is 2.12. The first kappa shape index (κ1) is 11.1. The van der Waals surface area contributed by atoms with E-state index in [4.69, 9.17) is 5.73 Å². The molecule has 0 atom stereocenters. The molecule has 3 nitrogen and oxygen atoms in total. The highest BCUT2D eigenvalue weighted by molar-refractivity contribution is 7.93. The van der Waals surface area contributed by atoms with Gasteiger partial charge in [0.25, 0.3) is 0 Å². The molecule has 1 saturated carbocycles. The lowest BCUT2D eigenvalue weighted by Crippen LogP contribution is -2.20. The largest absolute Gasteiger partial charge is 0.330 e. The minimum atomic E-state index is -3.07. The van der Waals surface area contributed by atoms with Crippen LogP contribution in [0.4, 0.5) is 0 Å². The molecule has 0 amide bonds. The SMILES string of the molecule is NCCC1(CS(=O)(=O)c2cccs2)CC1. The van der Waals surface area contributed by atoms with E-state index < -0.39 is 9.84 Å². The van der Waals surface area contributed by atoms with Crippen molar-refractivity contribution in [3.05, 3.63) is 17.5 Å². The van der Waals surface area contributed by atoms with Crippen molar-refractivity contribution in [1.82, 2.24) is 0 Å². The molecule has 2 N–H and O–H groups in total. The average molecular weight is 245 g/mol. The predicted molar refractivity (Wildman–Crippen MR) is 61.7 cm³/mol. The summed E-state index contributed by atoms with van der Waals surface area (Å²) in [6.07, 6.45) is 2.85. The van der Waals surface area contributed by atoms with E-state index in [2.05, 4.69) is 0 Å². The van der Waals surface area contributed by atoms with E-state index in [1.54, 1.807) is 17.5 Å². The van der Waals surface area contributed by atoms with Crippen molar-refractivity contribution in [1.29, 1.82) is 0 Å². The number of sulfone groups is 1. The lowest BCUT2D eigenvalue weighted by atomic mass is 10.1. The Morgan fingerprint density at radius 2 is 2.20 bits per heavy atom. The van der Waals surface area contributed by atoms with Crippen LogP contribution >= 0.6 is 11.3 Å². The van der Waals surface area contributed by atoms with Gasteiger partial charge in [0.15, 0.2) is 9.84 Å². The van der Waals surface area contributed by atoms with Crippen molar-refractivity contribution in [2.75, 3.05) is 12.3 Å². The van der Waals surface area contributed by atoms with Crippen molar-refractivity contribution in [3.63, 3.8) is 0 Å². The molecule has 5 heteroatoms. The van der Waals surface area contributed by atoms with Crippen LogP contribution in [0.1, 0.15) is 19.3 Å². The first-order valence-electron chi connectivity index (χ1n) is 5.04. The Hall–Kier alpha value is -0.390. The summed E-state index contributed by atoms with van der Waals surface area (Å²) < 4.78 is 24.5. The second-order valence-corrected chi connectivity index (χ2v) is 7.39. The van der Waals surface area contributed by atoms with Gasteiger partial charge in [0.05, 0.1) is 5.75 Å². The number of hydrogen-bond acceptors (Lipinski definition) is 4. The van der Waals surface area contributed by atoms with E-state index in [-0.39, 0.29) is 11.2 Å². The Morgan fingerprint density at radius 1 is 1.47 bits per heavy atom. The van der Waals surface area contributed by atoms with Crippen molar-refractivity contribution in [2.24, 2.45) is 11.1 Å². The highest BCUT2D eigenvalue weighted by atomic mass is 32.2. The van der Waals surface area contributed by atoms with Crippen LogP contribution in [0.15, 0.2) is 21.7 Å². The summed E-state index contributed by atoms with van der Waals surface area (Å²) in [5, 5.41) is 1.80. The highest BCUT2D eigenvalue weighted by Crippen LogP contribution is 2.50. The van der Waals surface area contributed by atoms with Crippen LogP contribution in [0.3, 0.4) is 0 Å². The smallest absolute Gasteiger partial charge is 0.188 e. The summed E-state index contributed by atoms with van der Waals surface area (Å²) in [4.78, 5) is 0. The molecule has 0 saturated heterocycles. The van der Waals surface area contributed by atoms with Gasteiger partial charge in [0.1, 0.15) is 4.21 Å². The lowest BCUT2D eigenvalue weighted by Gasteiger charge is -2.12. The second kappa shape index (κ2) is 3.88. The van der Waals surface area contributed by atoms with E-state index in [0.717, 1.165) is 19.3 Å². The van der Waals surface area contributed by atoms with E-state index in [1.807, 2.05) is 0 Å². The topological polar surface area (TPSA) is 60.2 Å². The van der Waals surface area contributed by atoms with Crippen LogP contribution in [0, 0.1) is 5.41 Å². The minimum absolute atomic E-state index is 0.00241. The molecule has 1 aliphatic carbocycles. The Bertz CT molecular complexity index is 418. The zero-order valence-corrected chi connectivity index (χ0v) is 10.1. The van der Waals surface area contributed by atoms with E-state index in [9.17, 15) is 8.42 Å². The van der Waals surface area contributed by atoms with Gasteiger partial charge in [-0.05, 0) is 42.7 Å². The van der Waals surface area contributed by atoms with Gasteiger partial charge >= 0.3 is 0 Å². The molecule has 1 aromatic heterocycles. The van der Waals surface area contributed by atoms with Crippen LogP contribution in [0.25, 0.3) is 0 Å². The fourth-order valence-electron chi connectivity index (χ4n) is 1.86. The Labute approximate surface area is 94.2 Å². The van der Waals surface area contributed by atoms with Gasteiger partial charge in [0.2, 0.25) is 0 Å².